The lowest BCUT2D eigenvalue weighted by molar-refractivity contribution is 0.100. The second-order valence-corrected chi connectivity index (χ2v) is 7.44. The summed E-state index contributed by atoms with van der Waals surface area (Å²) < 4.78 is 24.7. The molecule has 1 aliphatic heterocycles. The summed E-state index contributed by atoms with van der Waals surface area (Å²) in [5.41, 5.74) is 6.53. The van der Waals surface area contributed by atoms with E-state index in [0.29, 0.717) is 25.2 Å². The van der Waals surface area contributed by atoms with Crippen LogP contribution in [0.4, 0.5) is 5.69 Å². The molecule has 1 unspecified atom stereocenters. The van der Waals surface area contributed by atoms with Crippen LogP contribution in [0.15, 0.2) is 24.3 Å². The van der Waals surface area contributed by atoms with Crippen molar-refractivity contribution in [1.29, 1.82) is 0 Å². The molecule has 7 heteroatoms. The molecule has 0 saturated carbocycles. The number of nitrogens with one attached hydrogen (secondary N) is 1. The highest BCUT2D eigenvalue weighted by molar-refractivity contribution is 7.88. The van der Waals surface area contributed by atoms with Crippen LogP contribution in [0, 0.1) is 5.92 Å². The third-order valence-corrected chi connectivity index (χ3v) is 4.96. The molecule has 1 aromatic rings. The van der Waals surface area contributed by atoms with Gasteiger partial charge in [-0.05, 0) is 37.0 Å². The standard InChI is InChI=1S/C14H21N3O3S/c1-21(19,20)17-7-3-4-11(10-17)9-16-13-6-2-5-12(8-13)14(15)18/h2,5-6,8,11,16H,3-4,7,9-10H2,1H3,(H2,15,18). The van der Waals surface area contributed by atoms with Crippen molar-refractivity contribution in [2.45, 2.75) is 12.8 Å². The quantitative estimate of drug-likeness (QED) is 0.844. The van der Waals surface area contributed by atoms with Crippen LogP contribution in [-0.2, 0) is 10.0 Å². The molecule has 0 aromatic heterocycles. The number of carbonyl (C=O) groups excluding carboxylic acids is 1. The van der Waals surface area contributed by atoms with Crippen LogP contribution in [0.2, 0.25) is 0 Å². The Morgan fingerprint density at radius 1 is 1.48 bits per heavy atom. The Hall–Kier alpha value is -1.60. The molecule has 1 saturated heterocycles. The van der Waals surface area contributed by atoms with Crippen molar-refractivity contribution in [1.82, 2.24) is 4.31 Å². The van der Waals surface area contributed by atoms with Gasteiger partial charge in [0.15, 0.2) is 0 Å². The number of rotatable bonds is 5. The van der Waals surface area contributed by atoms with E-state index in [-0.39, 0.29) is 5.92 Å². The highest BCUT2D eigenvalue weighted by Gasteiger charge is 2.25. The number of nitrogens with two attached hydrogens (primary N) is 1. The lowest BCUT2D eigenvalue weighted by Crippen LogP contribution is -2.41. The van der Waals surface area contributed by atoms with Gasteiger partial charge in [-0.1, -0.05) is 6.07 Å². The van der Waals surface area contributed by atoms with Crippen molar-refractivity contribution in [3.8, 4) is 0 Å². The van der Waals surface area contributed by atoms with Crippen molar-refractivity contribution >= 4 is 21.6 Å². The number of primary amides is 1. The number of benzene rings is 1. The minimum Gasteiger partial charge on any atom is -0.385 e. The summed E-state index contributed by atoms with van der Waals surface area (Å²) in [6.07, 6.45) is 3.12. The molecule has 1 heterocycles. The van der Waals surface area contributed by atoms with Crippen LogP contribution in [0.25, 0.3) is 0 Å². The van der Waals surface area contributed by atoms with Crippen LogP contribution in [0.1, 0.15) is 23.2 Å². The minimum atomic E-state index is -3.12. The lowest BCUT2D eigenvalue weighted by atomic mass is 9.99. The zero-order valence-corrected chi connectivity index (χ0v) is 12.9. The molecule has 1 amide bonds. The molecule has 1 aliphatic rings. The highest BCUT2D eigenvalue weighted by Crippen LogP contribution is 2.20. The third-order valence-electron chi connectivity index (χ3n) is 3.69. The van der Waals surface area contributed by atoms with Crippen LogP contribution in [0.3, 0.4) is 0 Å². The Morgan fingerprint density at radius 3 is 2.90 bits per heavy atom. The van der Waals surface area contributed by atoms with Gasteiger partial charge in [-0.25, -0.2) is 12.7 Å². The molecule has 0 radical (unpaired) electrons. The maximum Gasteiger partial charge on any atom is 0.248 e. The molecule has 3 N–H and O–H groups in total. The Labute approximate surface area is 125 Å². The minimum absolute atomic E-state index is 0.269. The molecule has 1 fully saturated rings. The fourth-order valence-electron chi connectivity index (χ4n) is 2.54. The van der Waals surface area contributed by atoms with Crippen molar-refractivity contribution in [2.75, 3.05) is 31.2 Å². The Morgan fingerprint density at radius 2 is 2.24 bits per heavy atom. The molecule has 0 bridgehead atoms. The topological polar surface area (TPSA) is 92.5 Å². The number of hydrogen-bond donors (Lipinski definition) is 2. The summed E-state index contributed by atoms with van der Waals surface area (Å²) in [5.74, 6) is -0.190. The number of hydrogen-bond acceptors (Lipinski definition) is 4. The summed E-state index contributed by atoms with van der Waals surface area (Å²) in [4.78, 5) is 11.1. The van der Waals surface area contributed by atoms with Crippen molar-refractivity contribution in [3.05, 3.63) is 29.8 Å². The number of carbonyl (C=O) groups is 1. The van der Waals surface area contributed by atoms with E-state index in [9.17, 15) is 13.2 Å². The Balaban J connectivity index is 1.94. The molecule has 1 aromatic carbocycles. The van der Waals surface area contributed by atoms with Gasteiger partial charge in [-0.2, -0.15) is 0 Å². The maximum absolute atomic E-state index is 11.6. The van der Waals surface area contributed by atoms with E-state index >= 15 is 0 Å². The number of sulfonamides is 1. The molecular weight excluding hydrogens is 290 g/mol. The molecule has 1 atom stereocenters. The molecule has 2 rings (SSSR count). The molecule has 21 heavy (non-hydrogen) atoms. The zero-order valence-electron chi connectivity index (χ0n) is 12.1. The van der Waals surface area contributed by atoms with Crippen molar-refractivity contribution in [3.63, 3.8) is 0 Å². The van der Waals surface area contributed by atoms with Gasteiger partial charge in [0.1, 0.15) is 0 Å². The molecule has 0 spiro atoms. The van der Waals surface area contributed by atoms with Crippen LogP contribution >= 0.6 is 0 Å². The van der Waals surface area contributed by atoms with Gasteiger partial charge in [0.2, 0.25) is 15.9 Å². The van der Waals surface area contributed by atoms with Crippen molar-refractivity contribution < 1.29 is 13.2 Å². The average molecular weight is 311 g/mol. The Bertz CT molecular complexity index is 616. The summed E-state index contributed by atoms with van der Waals surface area (Å²) in [5, 5.41) is 3.25. The van der Waals surface area contributed by atoms with Crippen LogP contribution < -0.4 is 11.1 Å². The van der Waals surface area contributed by atoms with Gasteiger partial charge in [-0.3, -0.25) is 4.79 Å². The first-order valence-corrected chi connectivity index (χ1v) is 8.80. The second-order valence-electron chi connectivity index (χ2n) is 5.46. The first kappa shape index (κ1) is 15.8. The smallest absolute Gasteiger partial charge is 0.248 e. The van der Waals surface area contributed by atoms with E-state index in [2.05, 4.69) is 5.32 Å². The fourth-order valence-corrected chi connectivity index (χ4v) is 3.48. The van der Waals surface area contributed by atoms with Gasteiger partial charge in [0.25, 0.3) is 0 Å². The van der Waals surface area contributed by atoms with Gasteiger partial charge in [-0.15, -0.1) is 0 Å². The van der Waals surface area contributed by atoms with E-state index < -0.39 is 15.9 Å². The Kier molecular flexibility index (Phi) is 4.84. The summed E-state index contributed by atoms with van der Waals surface area (Å²) in [6, 6.07) is 7.01. The highest BCUT2D eigenvalue weighted by atomic mass is 32.2. The predicted molar refractivity (Wildman–Crippen MR) is 82.6 cm³/mol. The summed E-state index contributed by atoms with van der Waals surface area (Å²) in [6.45, 7) is 1.82. The van der Waals surface area contributed by atoms with E-state index in [1.165, 1.54) is 10.6 Å². The fraction of sp³-hybridized carbons (Fsp3) is 0.500. The first-order chi connectivity index (χ1) is 9.86. The number of nitrogens with zero attached hydrogens (tertiary/aromatic N) is 1. The molecular formula is C14H21N3O3S. The molecule has 0 aliphatic carbocycles. The largest absolute Gasteiger partial charge is 0.385 e. The summed E-state index contributed by atoms with van der Waals surface area (Å²) >= 11 is 0. The monoisotopic (exact) mass is 311 g/mol. The number of amides is 1. The summed E-state index contributed by atoms with van der Waals surface area (Å²) in [7, 11) is -3.12. The third kappa shape index (κ3) is 4.44. The van der Waals surface area contributed by atoms with E-state index in [1.807, 2.05) is 6.07 Å². The normalized spacial score (nSPS) is 20.1. The SMILES string of the molecule is CS(=O)(=O)N1CCCC(CNc2cccc(C(N)=O)c2)C1. The molecule has 6 nitrogen and oxygen atoms in total. The van der Waals surface area contributed by atoms with E-state index in [0.717, 1.165) is 18.5 Å². The second kappa shape index (κ2) is 6.44. The van der Waals surface area contributed by atoms with Gasteiger partial charge in [0.05, 0.1) is 6.26 Å². The van der Waals surface area contributed by atoms with Gasteiger partial charge < -0.3 is 11.1 Å². The zero-order chi connectivity index (χ0) is 15.5. The maximum atomic E-state index is 11.6. The van der Waals surface area contributed by atoms with E-state index in [1.54, 1.807) is 18.2 Å². The van der Waals surface area contributed by atoms with E-state index in [4.69, 9.17) is 5.73 Å². The number of anilines is 1. The lowest BCUT2D eigenvalue weighted by Gasteiger charge is -2.31. The van der Waals surface area contributed by atoms with Gasteiger partial charge in [0, 0.05) is 30.9 Å². The van der Waals surface area contributed by atoms with Crippen molar-refractivity contribution in [2.24, 2.45) is 11.7 Å². The average Bonchev–Trinajstić information content (AvgIpc) is 2.45. The van der Waals surface area contributed by atoms with Gasteiger partial charge >= 0.3 is 0 Å². The number of piperidine rings is 1. The van der Waals surface area contributed by atoms with Crippen LogP contribution in [-0.4, -0.2) is 44.5 Å². The first-order valence-electron chi connectivity index (χ1n) is 6.95. The predicted octanol–water partition coefficient (Wildman–Crippen LogP) is 0.869. The van der Waals surface area contributed by atoms with Crippen LogP contribution in [0.5, 0.6) is 0 Å². The molecule has 116 valence electrons.